The summed E-state index contributed by atoms with van der Waals surface area (Å²) in [5.74, 6) is -1.10. The first-order valence-electron chi connectivity index (χ1n) is 13.5. The third-order valence-electron chi connectivity index (χ3n) is 7.35. The van der Waals surface area contributed by atoms with Crippen molar-refractivity contribution in [1.82, 2.24) is 10.2 Å². The summed E-state index contributed by atoms with van der Waals surface area (Å²) in [6.45, 7) is 3.99. The van der Waals surface area contributed by atoms with Crippen molar-refractivity contribution in [2.24, 2.45) is 0 Å². The van der Waals surface area contributed by atoms with Crippen LogP contribution in [0.4, 0.5) is 5.13 Å². The summed E-state index contributed by atoms with van der Waals surface area (Å²) in [6, 6.07) is 18.8. The van der Waals surface area contributed by atoms with Gasteiger partial charge in [-0.25, -0.2) is 4.79 Å². The van der Waals surface area contributed by atoms with Crippen LogP contribution in [0.3, 0.4) is 0 Å². The van der Waals surface area contributed by atoms with E-state index in [9.17, 15) is 19.5 Å². The molecule has 2 atom stereocenters. The lowest BCUT2D eigenvalue weighted by atomic mass is 9.94. The molecule has 218 valence electrons. The number of hydrogen-bond donors (Lipinski definition) is 1. The smallest absolute Gasteiger partial charge is 0.337 e. The first kappa shape index (κ1) is 28.6. The zero-order valence-electron chi connectivity index (χ0n) is 23.6. The van der Waals surface area contributed by atoms with Gasteiger partial charge in [0, 0.05) is 17.7 Å². The normalized spacial score (nSPS) is 18.9. The van der Waals surface area contributed by atoms with Crippen molar-refractivity contribution in [3.05, 3.63) is 106 Å². The highest BCUT2D eigenvalue weighted by Crippen LogP contribution is 2.44. The van der Waals surface area contributed by atoms with Crippen LogP contribution in [0.5, 0.6) is 5.75 Å². The highest BCUT2D eigenvalue weighted by Gasteiger charge is 2.48. The summed E-state index contributed by atoms with van der Waals surface area (Å²) in [6.07, 6.45) is 0.665. The number of carbonyl (C=O) groups is 3. The minimum Gasteiger partial charge on any atom is -0.507 e. The van der Waals surface area contributed by atoms with E-state index in [0.717, 1.165) is 16.9 Å². The number of aliphatic hydroxyl groups is 1. The molecule has 2 aliphatic heterocycles. The SMILES string of the molecule is COC(=O)c1ccc([C@@H]2C(=C(O)c3ccc4c(c3)C[C@H](C)O4)C(=O)C(=O)N2c2nnc(SCc3ccc(C)cc3)s2)cc1. The van der Waals surface area contributed by atoms with Gasteiger partial charge in [-0.05, 0) is 60.9 Å². The Labute approximate surface area is 256 Å². The number of rotatable bonds is 7. The number of aryl methyl sites for hydroxylation is 1. The minimum atomic E-state index is -1.00. The zero-order chi connectivity index (χ0) is 30.2. The van der Waals surface area contributed by atoms with Gasteiger partial charge in [0.05, 0.1) is 24.3 Å². The van der Waals surface area contributed by atoms with E-state index >= 15 is 0 Å². The van der Waals surface area contributed by atoms with Crippen LogP contribution >= 0.6 is 23.1 Å². The molecule has 1 amide bonds. The summed E-state index contributed by atoms with van der Waals surface area (Å²) in [7, 11) is 1.29. The lowest BCUT2D eigenvalue weighted by molar-refractivity contribution is -0.132. The number of ether oxygens (including phenoxy) is 2. The molecule has 1 saturated heterocycles. The molecule has 43 heavy (non-hydrogen) atoms. The number of hydrogen-bond acceptors (Lipinski definition) is 10. The number of thioether (sulfide) groups is 1. The third kappa shape index (κ3) is 5.53. The second-order valence-electron chi connectivity index (χ2n) is 10.4. The summed E-state index contributed by atoms with van der Waals surface area (Å²) in [4.78, 5) is 40.5. The fourth-order valence-electron chi connectivity index (χ4n) is 5.18. The maximum Gasteiger partial charge on any atom is 0.337 e. The molecule has 0 radical (unpaired) electrons. The van der Waals surface area contributed by atoms with Gasteiger partial charge in [-0.2, -0.15) is 0 Å². The van der Waals surface area contributed by atoms with E-state index in [-0.39, 0.29) is 22.6 Å². The maximum atomic E-state index is 13.6. The van der Waals surface area contributed by atoms with Gasteiger partial charge in [-0.3, -0.25) is 14.5 Å². The van der Waals surface area contributed by atoms with Crippen molar-refractivity contribution in [3.8, 4) is 5.75 Å². The maximum absolute atomic E-state index is 13.6. The van der Waals surface area contributed by atoms with Crippen LogP contribution in [0, 0.1) is 6.92 Å². The standard InChI is InChI=1S/C32H27N3O6S2/c1-17-4-6-19(7-5-17)16-42-32-34-33-31(43-32)35-26(20-8-10-21(11-9-20)30(39)40-3)25(28(37)29(35)38)27(36)22-12-13-24-23(15-22)14-18(2)41-24/h4-13,15,18,26,36H,14,16H2,1-3H3/t18-,26+/m0/s1. The van der Waals surface area contributed by atoms with E-state index in [1.54, 1.807) is 42.5 Å². The van der Waals surface area contributed by atoms with Gasteiger partial charge in [0.25, 0.3) is 5.78 Å². The Morgan fingerprint density at radius 3 is 2.51 bits per heavy atom. The molecule has 3 heterocycles. The van der Waals surface area contributed by atoms with Crippen molar-refractivity contribution in [3.63, 3.8) is 0 Å². The summed E-state index contributed by atoms with van der Waals surface area (Å²) >= 11 is 2.67. The van der Waals surface area contributed by atoms with Gasteiger partial charge in [0.2, 0.25) is 5.13 Å². The van der Waals surface area contributed by atoms with Gasteiger partial charge in [0.15, 0.2) is 4.34 Å². The van der Waals surface area contributed by atoms with Crippen molar-refractivity contribution in [2.75, 3.05) is 12.0 Å². The van der Waals surface area contributed by atoms with E-state index in [1.165, 1.54) is 40.7 Å². The average Bonchev–Trinajstić information content (AvgIpc) is 3.71. The van der Waals surface area contributed by atoms with Gasteiger partial charge in [-0.15, -0.1) is 10.2 Å². The molecule has 11 heteroatoms. The second kappa shape index (κ2) is 11.7. The van der Waals surface area contributed by atoms with Crippen LogP contribution in [0.2, 0.25) is 0 Å². The van der Waals surface area contributed by atoms with E-state index in [0.29, 0.717) is 33.2 Å². The minimum absolute atomic E-state index is 0.00165. The average molecular weight is 614 g/mol. The highest BCUT2D eigenvalue weighted by atomic mass is 32.2. The Hall–Kier alpha value is -4.48. The summed E-state index contributed by atoms with van der Waals surface area (Å²) in [5, 5.41) is 20.3. The van der Waals surface area contributed by atoms with Gasteiger partial charge in [-0.1, -0.05) is 65.1 Å². The van der Waals surface area contributed by atoms with Gasteiger partial charge >= 0.3 is 11.9 Å². The molecule has 1 fully saturated rings. The number of fused-ring (bicyclic) bond motifs is 1. The molecule has 3 aromatic carbocycles. The topological polar surface area (TPSA) is 119 Å². The van der Waals surface area contributed by atoms with E-state index in [1.807, 2.05) is 38.1 Å². The molecule has 0 spiro atoms. The van der Waals surface area contributed by atoms with Crippen molar-refractivity contribution >= 4 is 51.6 Å². The summed E-state index contributed by atoms with van der Waals surface area (Å²) in [5.41, 5.74) is 4.34. The molecule has 9 nitrogen and oxygen atoms in total. The number of amides is 1. The Bertz CT molecular complexity index is 1760. The molecule has 0 unspecified atom stereocenters. The van der Waals surface area contributed by atoms with Crippen LogP contribution in [0.15, 0.2) is 76.6 Å². The number of aromatic nitrogens is 2. The second-order valence-corrected chi connectivity index (χ2v) is 12.5. The van der Waals surface area contributed by atoms with Crippen LogP contribution in [0.25, 0.3) is 5.76 Å². The fourth-order valence-corrected chi connectivity index (χ4v) is 7.00. The van der Waals surface area contributed by atoms with Gasteiger partial charge < -0.3 is 14.6 Å². The molecule has 0 saturated carbocycles. The van der Waals surface area contributed by atoms with Crippen LogP contribution in [-0.2, 0) is 26.5 Å². The first-order valence-corrected chi connectivity index (χ1v) is 15.3. The Balaban J connectivity index is 1.39. The number of esters is 1. The molecular formula is C32H27N3O6S2. The number of aliphatic hydroxyl groups excluding tert-OH is 1. The Kier molecular flexibility index (Phi) is 7.76. The Morgan fingerprint density at radius 1 is 1.07 bits per heavy atom. The van der Waals surface area contributed by atoms with Crippen LogP contribution in [0.1, 0.15) is 51.1 Å². The van der Waals surface area contributed by atoms with E-state index < -0.39 is 23.7 Å². The monoisotopic (exact) mass is 613 g/mol. The number of Topliss-reactive ketones (excluding diaryl/α,β-unsaturated/α-hetero) is 1. The zero-order valence-corrected chi connectivity index (χ0v) is 25.2. The van der Waals surface area contributed by atoms with Crippen molar-refractivity contribution < 1.29 is 29.0 Å². The Morgan fingerprint density at radius 2 is 1.79 bits per heavy atom. The third-order valence-corrected chi connectivity index (χ3v) is 9.47. The molecule has 1 aromatic heterocycles. The predicted octanol–water partition coefficient (Wildman–Crippen LogP) is 5.88. The number of carbonyl (C=O) groups excluding carboxylic acids is 3. The molecule has 2 aliphatic rings. The quantitative estimate of drug-likeness (QED) is 0.0681. The molecule has 6 rings (SSSR count). The number of benzene rings is 3. The summed E-state index contributed by atoms with van der Waals surface area (Å²) < 4.78 is 11.2. The lowest BCUT2D eigenvalue weighted by Crippen LogP contribution is -2.29. The molecule has 4 aromatic rings. The van der Waals surface area contributed by atoms with Crippen LogP contribution in [-0.4, -0.2) is 46.2 Å². The largest absolute Gasteiger partial charge is 0.507 e. The highest BCUT2D eigenvalue weighted by molar-refractivity contribution is 8.00. The number of ketones is 1. The van der Waals surface area contributed by atoms with Crippen molar-refractivity contribution in [1.29, 1.82) is 0 Å². The van der Waals surface area contributed by atoms with Crippen LogP contribution < -0.4 is 9.64 Å². The molecule has 0 bridgehead atoms. The molecule has 1 N–H and O–H groups in total. The van der Waals surface area contributed by atoms with Crippen molar-refractivity contribution in [2.45, 2.75) is 42.5 Å². The lowest BCUT2D eigenvalue weighted by Gasteiger charge is -2.22. The number of nitrogens with zero attached hydrogens (tertiary/aromatic N) is 3. The molecule has 0 aliphatic carbocycles. The molecular weight excluding hydrogens is 587 g/mol. The van der Waals surface area contributed by atoms with E-state index in [4.69, 9.17) is 9.47 Å². The number of methoxy groups -OCH3 is 1. The van der Waals surface area contributed by atoms with E-state index in [2.05, 4.69) is 10.2 Å². The predicted molar refractivity (Wildman–Crippen MR) is 163 cm³/mol. The first-order chi connectivity index (χ1) is 20.7. The van der Waals surface area contributed by atoms with Gasteiger partial charge in [0.1, 0.15) is 17.6 Å². The fraction of sp³-hybridized carbons (Fsp3) is 0.219. The number of anilines is 1.